The summed E-state index contributed by atoms with van der Waals surface area (Å²) in [5.74, 6) is -5.85. The number of halogens is 3. The fraction of sp³-hybridized carbons (Fsp3) is 0.583. The molecule has 21 heavy (non-hydrogen) atoms. The first-order valence-corrected chi connectivity index (χ1v) is 6.20. The Balaban J connectivity index is 2.25. The first kappa shape index (κ1) is 15.3. The molecule has 1 amide bonds. The molecule has 0 aromatic carbocycles. The van der Waals surface area contributed by atoms with Crippen molar-refractivity contribution in [1.82, 2.24) is 14.7 Å². The summed E-state index contributed by atoms with van der Waals surface area (Å²) in [4.78, 5) is 24.1. The average Bonchev–Trinajstić information content (AvgIpc) is 2.94. The summed E-state index contributed by atoms with van der Waals surface area (Å²) >= 11 is 0. The number of aliphatic carboxylic acids is 1. The van der Waals surface area contributed by atoms with Crippen molar-refractivity contribution in [1.29, 1.82) is 0 Å². The van der Waals surface area contributed by atoms with E-state index in [1.807, 2.05) is 0 Å². The zero-order valence-corrected chi connectivity index (χ0v) is 11.4. The third-order valence-electron chi connectivity index (χ3n) is 3.81. The molecule has 0 unspecified atom stereocenters. The standard InChI is InChI=1S/C12H14F3N3O3/c1-6-7(3-16-17(6)2)10(19)18-4-8(11(20)21)9(5-18)12(13,14)15/h3,8-9H,4-5H2,1-2H3,(H,20,21)/t8-,9-/m1/s1. The van der Waals surface area contributed by atoms with Crippen molar-refractivity contribution < 1.29 is 27.9 Å². The van der Waals surface area contributed by atoms with Crippen LogP contribution in [0.4, 0.5) is 13.2 Å². The first-order valence-electron chi connectivity index (χ1n) is 6.20. The number of aryl methyl sites for hydroxylation is 1. The molecule has 0 saturated carbocycles. The van der Waals surface area contributed by atoms with Crippen LogP contribution in [0.25, 0.3) is 0 Å². The zero-order valence-electron chi connectivity index (χ0n) is 11.4. The van der Waals surface area contributed by atoms with Gasteiger partial charge in [0.05, 0.1) is 23.6 Å². The maximum atomic E-state index is 12.9. The minimum absolute atomic E-state index is 0.185. The van der Waals surface area contributed by atoms with Gasteiger partial charge in [-0.3, -0.25) is 14.3 Å². The van der Waals surface area contributed by atoms with Gasteiger partial charge in [-0.2, -0.15) is 18.3 Å². The van der Waals surface area contributed by atoms with Gasteiger partial charge in [0, 0.05) is 25.8 Å². The fourth-order valence-electron chi connectivity index (χ4n) is 2.43. The lowest BCUT2D eigenvalue weighted by Gasteiger charge is -2.18. The second-order valence-electron chi connectivity index (χ2n) is 5.07. The minimum Gasteiger partial charge on any atom is -0.481 e. The molecule has 0 bridgehead atoms. The molecular weight excluding hydrogens is 291 g/mol. The topological polar surface area (TPSA) is 75.4 Å². The summed E-state index contributed by atoms with van der Waals surface area (Å²) in [5.41, 5.74) is 0.701. The van der Waals surface area contributed by atoms with Gasteiger partial charge in [-0.15, -0.1) is 0 Å². The molecule has 1 aromatic heterocycles. The number of carboxylic acids is 1. The van der Waals surface area contributed by atoms with Crippen LogP contribution in [-0.4, -0.2) is 50.9 Å². The van der Waals surface area contributed by atoms with Crippen molar-refractivity contribution in [2.24, 2.45) is 18.9 Å². The summed E-state index contributed by atoms with van der Waals surface area (Å²) in [6.45, 7) is 0.520. The van der Waals surface area contributed by atoms with E-state index in [1.54, 1.807) is 14.0 Å². The molecule has 2 atom stereocenters. The number of carbonyl (C=O) groups excluding carboxylic acids is 1. The van der Waals surface area contributed by atoms with Crippen LogP contribution >= 0.6 is 0 Å². The molecule has 6 nitrogen and oxygen atoms in total. The summed E-state index contributed by atoms with van der Waals surface area (Å²) in [5, 5.41) is 12.8. The summed E-state index contributed by atoms with van der Waals surface area (Å²) in [7, 11) is 1.61. The molecular formula is C12H14F3N3O3. The minimum atomic E-state index is -4.65. The smallest absolute Gasteiger partial charge is 0.394 e. The molecule has 1 aliphatic heterocycles. The third kappa shape index (κ3) is 2.72. The highest BCUT2D eigenvalue weighted by Crippen LogP contribution is 2.38. The van der Waals surface area contributed by atoms with Crippen molar-refractivity contribution >= 4 is 11.9 Å². The lowest BCUT2D eigenvalue weighted by atomic mass is 9.96. The van der Waals surface area contributed by atoms with E-state index in [1.165, 1.54) is 10.9 Å². The normalized spacial score (nSPS) is 22.6. The molecule has 9 heteroatoms. The van der Waals surface area contributed by atoms with Gasteiger partial charge in [-0.05, 0) is 6.92 Å². The van der Waals surface area contributed by atoms with Crippen LogP contribution in [0.3, 0.4) is 0 Å². The number of hydrogen-bond donors (Lipinski definition) is 1. The van der Waals surface area contributed by atoms with Crippen LogP contribution in [0.2, 0.25) is 0 Å². The molecule has 1 saturated heterocycles. The largest absolute Gasteiger partial charge is 0.481 e. The van der Waals surface area contributed by atoms with Crippen LogP contribution < -0.4 is 0 Å². The molecule has 1 N–H and O–H groups in total. The number of carboxylic acid groups (broad SMARTS) is 1. The lowest BCUT2D eigenvalue weighted by Crippen LogP contribution is -2.34. The van der Waals surface area contributed by atoms with Crippen LogP contribution in [0, 0.1) is 18.8 Å². The van der Waals surface area contributed by atoms with Gasteiger partial charge >= 0.3 is 12.1 Å². The van der Waals surface area contributed by atoms with Crippen molar-refractivity contribution in [2.75, 3.05) is 13.1 Å². The lowest BCUT2D eigenvalue weighted by molar-refractivity contribution is -0.187. The van der Waals surface area contributed by atoms with Gasteiger partial charge in [0.25, 0.3) is 5.91 Å². The van der Waals surface area contributed by atoms with E-state index < -0.39 is 43.0 Å². The van der Waals surface area contributed by atoms with Crippen LogP contribution in [0.1, 0.15) is 16.1 Å². The highest BCUT2D eigenvalue weighted by molar-refractivity contribution is 5.95. The highest BCUT2D eigenvalue weighted by Gasteiger charge is 2.53. The van der Waals surface area contributed by atoms with Crippen molar-refractivity contribution in [3.05, 3.63) is 17.5 Å². The summed E-state index contributed by atoms with van der Waals surface area (Å²) in [6, 6.07) is 0. The average molecular weight is 305 g/mol. The number of carbonyl (C=O) groups is 2. The van der Waals surface area contributed by atoms with Gasteiger partial charge in [0.15, 0.2) is 0 Å². The monoisotopic (exact) mass is 305 g/mol. The Morgan fingerprint density at radius 1 is 1.38 bits per heavy atom. The maximum Gasteiger partial charge on any atom is 0.394 e. The molecule has 2 rings (SSSR count). The van der Waals surface area contributed by atoms with E-state index in [4.69, 9.17) is 5.11 Å². The Kier molecular flexibility index (Phi) is 3.68. The Bertz CT molecular complexity index is 582. The van der Waals surface area contributed by atoms with Gasteiger partial charge in [-0.1, -0.05) is 0 Å². The van der Waals surface area contributed by atoms with Gasteiger partial charge in [0.2, 0.25) is 0 Å². The summed E-state index contributed by atoms with van der Waals surface area (Å²) < 4.78 is 40.1. The van der Waals surface area contributed by atoms with Gasteiger partial charge in [0.1, 0.15) is 0 Å². The SMILES string of the molecule is Cc1c(C(=O)N2C[C@@H](C(F)(F)F)[C@H](C(=O)O)C2)cnn1C. The van der Waals surface area contributed by atoms with E-state index in [-0.39, 0.29) is 5.56 Å². The number of nitrogens with zero attached hydrogens (tertiary/aromatic N) is 3. The highest BCUT2D eigenvalue weighted by atomic mass is 19.4. The molecule has 0 spiro atoms. The molecule has 116 valence electrons. The van der Waals surface area contributed by atoms with Crippen LogP contribution in [0.15, 0.2) is 6.20 Å². The molecule has 1 aliphatic rings. The van der Waals surface area contributed by atoms with E-state index in [2.05, 4.69) is 5.10 Å². The predicted molar refractivity (Wildman–Crippen MR) is 64.5 cm³/mol. The van der Waals surface area contributed by atoms with Crippen LogP contribution in [-0.2, 0) is 11.8 Å². The number of aromatic nitrogens is 2. The van der Waals surface area contributed by atoms with Crippen molar-refractivity contribution in [2.45, 2.75) is 13.1 Å². The second-order valence-corrected chi connectivity index (χ2v) is 5.07. The number of alkyl halides is 3. The van der Waals surface area contributed by atoms with E-state index in [0.29, 0.717) is 5.69 Å². The number of amides is 1. The van der Waals surface area contributed by atoms with Gasteiger partial charge < -0.3 is 10.0 Å². The first-order chi connectivity index (χ1) is 9.62. The zero-order chi connectivity index (χ0) is 15.9. The molecule has 0 radical (unpaired) electrons. The van der Waals surface area contributed by atoms with E-state index >= 15 is 0 Å². The molecule has 1 aromatic rings. The van der Waals surface area contributed by atoms with Gasteiger partial charge in [-0.25, -0.2) is 0 Å². The fourth-order valence-corrected chi connectivity index (χ4v) is 2.43. The number of likely N-dealkylation sites (tertiary alicyclic amines) is 1. The number of rotatable bonds is 2. The summed E-state index contributed by atoms with van der Waals surface area (Å²) in [6.07, 6.45) is -3.38. The quantitative estimate of drug-likeness (QED) is 0.886. The third-order valence-corrected chi connectivity index (χ3v) is 3.81. The second kappa shape index (κ2) is 5.05. The molecule has 2 heterocycles. The van der Waals surface area contributed by atoms with Crippen LogP contribution in [0.5, 0.6) is 0 Å². The Hall–Kier alpha value is -2.06. The van der Waals surface area contributed by atoms with Crippen molar-refractivity contribution in [3.63, 3.8) is 0 Å². The maximum absolute atomic E-state index is 12.9. The number of hydrogen-bond acceptors (Lipinski definition) is 3. The molecule has 0 aliphatic carbocycles. The Morgan fingerprint density at radius 2 is 2.00 bits per heavy atom. The molecule has 1 fully saturated rings. The Morgan fingerprint density at radius 3 is 2.38 bits per heavy atom. The Labute approximate surface area is 118 Å². The van der Waals surface area contributed by atoms with E-state index in [9.17, 15) is 22.8 Å². The van der Waals surface area contributed by atoms with E-state index in [0.717, 1.165) is 4.90 Å². The van der Waals surface area contributed by atoms with Crippen molar-refractivity contribution in [3.8, 4) is 0 Å². The predicted octanol–water partition coefficient (Wildman–Crippen LogP) is 1.06.